The number of para-hydroxylation sites is 1. The molecule has 0 spiro atoms. The topological polar surface area (TPSA) is 82.1 Å². The van der Waals surface area contributed by atoms with Crippen molar-refractivity contribution in [3.8, 4) is 0 Å². The van der Waals surface area contributed by atoms with E-state index in [9.17, 15) is 9.59 Å². The van der Waals surface area contributed by atoms with Crippen molar-refractivity contribution >= 4 is 28.4 Å². The maximum Gasteiger partial charge on any atom is 0.337 e. The highest BCUT2D eigenvalue weighted by molar-refractivity contribution is 5.95. The van der Waals surface area contributed by atoms with Crippen molar-refractivity contribution in [2.45, 2.75) is 25.3 Å². The molecule has 0 saturated carbocycles. The first kappa shape index (κ1) is 19.9. The Kier molecular flexibility index (Phi) is 5.06. The van der Waals surface area contributed by atoms with Crippen LogP contribution in [0.4, 0.5) is 0 Å². The summed E-state index contributed by atoms with van der Waals surface area (Å²) in [6.45, 7) is 1.46. The number of nitrogens with one attached hydrogen (secondary N) is 2. The van der Waals surface area contributed by atoms with Gasteiger partial charge in [-0.3, -0.25) is 4.79 Å². The molecule has 1 fully saturated rings. The van der Waals surface area contributed by atoms with Crippen molar-refractivity contribution in [1.82, 2.24) is 4.98 Å². The van der Waals surface area contributed by atoms with Crippen LogP contribution in [0.3, 0.4) is 0 Å². The molecule has 2 N–H and O–H groups in total. The molecule has 7 nitrogen and oxygen atoms in total. The number of ether oxygens (including phenoxy) is 3. The molecule has 3 aliphatic heterocycles. The maximum absolute atomic E-state index is 12.4. The van der Waals surface area contributed by atoms with E-state index in [1.165, 1.54) is 41.3 Å². The van der Waals surface area contributed by atoms with Gasteiger partial charge < -0.3 is 24.1 Å². The predicted molar refractivity (Wildman–Crippen MR) is 114 cm³/mol. The summed E-state index contributed by atoms with van der Waals surface area (Å²) in [7, 11) is 2.84. The van der Waals surface area contributed by atoms with E-state index in [1.54, 1.807) is 6.26 Å². The number of H-pyrrole nitrogens is 1. The molecule has 4 unspecified atom stereocenters. The highest BCUT2D eigenvalue weighted by atomic mass is 16.5. The number of aromatic amines is 1. The van der Waals surface area contributed by atoms with Crippen LogP contribution in [-0.2, 0) is 23.8 Å². The summed E-state index contributed by atoms with van der Waals surface area (Å²) in [5.41, 5.74) is 5.28. The molecule has 7 heteroatoms. The zero-order chi connectivity index (χ0) is 21.5. The Hall–Kier alpha value is -3.06. The van der Waals surface area contributed by atoms with Crippen molar-refractivity contribution in [3.05, 3.63) is 53.6 Å². The van der Waals surface area contributed by atoms with Gasteiger partial charge >= 0.3 is 11.9 Å². The van der Waals surface area contributed by atoms with E-state index in [2.05, 4.69) is 23.3 Å². The lowest BCUT2D eigenvalue weighted by Crippen LogP contribution is -3.10. The first-order chi connectivity index (χ1) is 15.1. The Labute approximate surface area is 180 Å². The van der Waals surface area contributed by atoms with Crippen LogP contribution in [0.5, 0.6) is 0 Å². The first-order valence-corrected chi connectivity index (χ1v) is 10.7. The quantitative estimate of drug-likeness (QED) is 0.737. The molecule has 31 heavy (non-hydrogen) atoms. The van der Waals surface area contributed by atoms with Crippen LogP contribution >= 0.6 is 0 Å². The molecule has 0 amide bonds. The Morgan fingerprint density at radius 2 is 2.06 bits per heavy atom. The van der Waals surface area contributed by atoms with E-state index in [0.717, 1.165) is 18.5 Å². The fourth-order valence-corrected chi connectivity index (χ4v) is 5.47. The number of benzene rings is 1. The molecule has 1 aromatic carbocycles. The summed E-state index contributed by atoms with van der Waals surface area (Å²) >= 11 is 0. The molecule has 0 aliphatic carbocycles. The summed E-state index contributed by atoms with van der Waals surface area (Å²) in [6.07, 6.45) is 5.69. The largest absolute Gasteiger partial charge is 0.500 e. The van der Waals surface area contributed by atoms with Gasteiger partial charge in [0.1, 0.15) is 6.04 Å². The van der Waals surface area contributed by atoms with Crippen LogP contribution in [0, 0.1) is 11.8 Å². The number of aromatic nitrogens is 1. The monoisotopic (exact) mass is 423 g/mol. The minimum atomic E-state index is -0.305. The summed E-state index contributed by atoms with van der Waals surface area (Å²) in [5, 5.41) is 1.17. The van der Waals surface area contributed by atoms with Crippen LogP contribution in [0.15, 0.2) is 42.3 Å². The van der Waals surface area contributed by atoms with Crippen molar-refractivity contribution in [2.24, 2.45) is 11.8 Å². The third-order valence-electron chi connectivity index (χ3n) is 6.94. The molecule has 4 atom stereocenters. The van der Waals surface area contributed by atoms with Gasteiger partial charge in [-0.25, -0.2) is 4.79 Å². The number of carbonyl (C=O) groups excluding carboxylic acids is 2. The normalized spacial score (nSPS) is 26.5. The van der Waals surface area contributed by atoms with E-state index in [-0.39, 0.29) is 29.8 Å². The SMILES string of the molecule is COC(=O)CCC1=C[NH+]2CC3COC=C(C(=O)OC)C3CC2c2[nH]c3ccccc3c21. The Bertz CT molecular complexity index is 1100. The highest BCUT2D eigenvalue weighted by Crippen LogP contribution is 2.42. The van der Waals surface area contributed by atoms with Gasteiger partial charge in [-0.15, -0.1) is 0 Å². The van der Waals surface area contributed by atoms with Crippen molar-refractivity contribution in [1.29, 1.82) is 0 Å². The van der Waals surface area contributed by atoms with Gasteiger partial charge in [-0.2, -0.15) is 0 Å². The lowest BCUT2D eigenvalue weighted by atomic mass is 9.74. The number of methoxy groups -OCH3 is 2. The van der Waals surface area contributed by atoms with Crippen LogP contribution in [0.25, 0.3) is 16.5 Å². The predicted octanol–water partition coefficient (Wildman–Crippen LogP) is 2.12. The number of hydrogen-bond donors (Lipinski definition) is 2. The number of fused-ring (bicyclic) bond motifs is 6. The highest BCUT2D eigenvalue weighted by Gasteiger charge is 2.47. The molecule has 0 radical (unpaired) electrons. The van der Waals surface area contributed by atoms with E-state index < -0.39 is 0 Å². The Morgan fingerprint density at radius 3 is 2.87 bits per heavy atom. The number of hydrogen-bond acceptors (Lipinski definition) is 5. The van der Waals surface area contributed by atoms with E-state index >= 15 is 0 Å². The molecule has 5 rings (SSSR count). The van der Waals surface area contributed by atoms with Gasteiger partial charge in [0, 0.05) is 40.8 Å². The van der Waals surface area contributed by atoms with E-state index in [0.29, 0.717) is 25.0 Å². The third-order valence-corrected chi connectivity index (χ3v) is 6.94. The molecular formula is C24H27N2O5+. The Morgan fingerprint density at radius 1 is 1.23 bits per heavy atom. The third kappa shape index (κ3) is 3.33. The molecule has 1 saturated heterocycles. The number of carbonyl (C=O) groups is 2. The van der Waals surface area contributed by atoms with E-state index in [4.69, 9.17) is 14.2 Å². The van der Waals surface area contributed by atoms with Crippen LogP contribution in [-0.4, -0.2) is 44.3 Å². The van der Waals surface area contributed by atoms with Gasteiger partial charge in [0.15, 0.2) is 0 Å². The average Bonchev–Trinajstić information content (AvgIpc) is 3.20. The second-order valence-corrected chi connectivity index (χ2v) is 8.54. The molecule has 0 bridgehead atoms. The lowest BCUT2D eigenvalue weighted by molar-refractivity contribution is -0.893. The summed E-state index contributed by atoms with van der Waals surface area (Å²) in [6, 6.07) is 8.49. The van der Waals surface area contributed by atoms with Crippen molar-refractivity contribution in [3.63, 3.8) is 0 Å². The number of quaternary nitrogens is 1. The van der Waals surface area contributed by atoms with Gasteiger partial charge in [0.2, 0.25) is 0 Å². The number of allylic oxidation sites excluding steroid dienone is 1. The zero-order valence-corrected chi connectivity index (χ0v) is 17.8. The first-order valence-electron chi connectivity index (χ1n) is 10.7. The van der Waals surface area contributed by atoms with Crippen LogP contribution in [0.2, 0.25) is 0 Å². The smallest absolute Gasteiger partial charge is 0.337 e. The minimum Gasteiger partial charge on any atom is -0.500 e. The summed E-state index contributed by atoms with van der Waals surface area (Å²) in [4.78, 5) is 29.2. The summed E-state index contributed by atoms with van der Waals surface area (Å²) < 4.78 is 15.5. The minimum absolute atomic E-state index is 0.110. The molecule has 162 valence electrons. The van der Waals surface area contributed by atoms with Crippen molar-refractivity contribution in [2.75, 3.05) is 27.4 Å². The fourth-order valence-electron chi connectivity index (χ4n) is 5.47. The van der Waals surface area contributed by atoms with Gasteiger partial charge in [-0.05, 0) is 12.5 Å². The number of piperidine rings is 1. The zero-order valence-electron chi connectivity index (χ0n) is 17.8. The molecule has 3 aliphatic rings. The second-order valence-electron chi connectivity index (χ2n) is 8.54. The maximum atomic E-state index is 12.4. The lowest BCUT2D eigenvalue weighted by Gasteiger charge is -2.43. The van der Waals surface area contributed by atoms with Crippen LogP contribution < -0.4 is 4.90 Å². The molecule has 4 heterocycles. The van der Waals surface area contributed by atoms with Gasteiger partial charge in [-0.1, -0.05) is 18.2 Å². The Balaban J connectivity index is 1.55. The van der Waals surface area contributed by atoms with Gasteiger partial charge in [0.25, 0.3) is 0 Å². The molecule has 1 aromatic heterocycles. The molecular weight excluding hydrogens is 396 g/mol. The second kappa shape index (κ2) is 7.89. The number of rotatable bonds is 4. The van der Waals surface area contributed by atoms with Crippen LogP contribution in [0.1, 0.15) is 36.6 Å². The van der Waals surface area contributed by atoms with Gasteiger partial charge in [0.05, 0.1) is 57.0 Å². The number of esters is 2. The molecule has 2 aromatic rings. The van der Waals surface area contributed by atoms with E-state index in [1.807, 2.05) is 12.1 Å². The van der Waals surface area contributed by atoms with Crippen molar-refractivity contribution < 1.29 is 28.7 Å². The fraction of sp³-hybridized carbons (Fsp3) is 0.417. The standard InChI is InChI=1S/C24H26N2O5/c1-29-21(27)8-7-14-10-26-11-15-12-31-13-18(24(28)30-2)17(15)9-20(26)23-22(14)16-5-3-4-6-19(16)25-23/h3-6,10,13,15,17,20,25H,7-9,11-12H2,1-2H3/p+1. The summed E-state index contributed by atoms with van der Waals surface area (Å²) in [5.74, 6) is -0.152. The average molecular weight is 423 g/mol.